The first kappa shape index (κ1) is 26.6. The van der Waals surface area contributed by atoms with Gasteiger partial charge in [0.1, 0.15) is 0 Å². The Bertz CT molecular complexity index is 688. The van der Waals surface area contributed by atoms with Crippen LogP contribution in [-0.2, 0) is 12.8 Å². The van der Waals surface area contributed by atoms with E-state index in [4.69, 9.17) is 0 Å². The van der Waals surface area contributed by atoms with E-state index in [9.17, 15) is 0 Å². The van der Waals surface area contributed by atoms with Gasteiger partial charge in [-0.1, -0.05) is 122 Å². The third-order valence-electron chi connectivity index (χ3n) is 6.48. The minimum atomic E-state index is 0.848. The van der Waals surface area contributed by atoms with Crippen LogP contribution in [-0.4, -0.2) is 9.97 Å². The Balaban J connectivity index is 1.62. The van der Waals surface area contributed by atoms with Crippen LogP contribution in [0.4, 0.5) is 0 Å². The van der Waals surface area contributed by atoms with Gasteiger partial charge in [-0.25, -0.2) is 9.97 Å². The second-order valence-corrected chi connectivity index (χ2v) is 10.0. The Morgan fingerprint density at radius 2 is 1.09 bits per heavy atom. The highest BCUT2D eigenvalue weighted by Crippen LogP contribution is 2.18. The predicted octanol–water partition coefficient (Wildman–Crippen LogP) is 9.37. The fourth-order valence-corrected chi connectivity index (χ4v) is 4.33. The molecule has 0 aliphatic heterocycles. The van der Waals surface area contributed by atoms with Crippen molar-refractivity contribution in [3.05, 3.63) is 47.8 Å². The summed E-state index contributed by atoms with van der Waals surface area (Å²) in [6, 6.07) is 8.88. The summed E-state index contributed by atoms with van der Waals surface area (Å²) < 4.78 is 0. The molecule has 0 saturated carbocycles. The molecule has 0 unspecified atom stereocenters. The monoisotopic (exact) mass is 436 g/mol. The summed E-state index contributed by atoms with van der Waals surface area (Å²) in [5.74, 6) is 1.70. The number of nitrogens with zero attached hydrogens (tertiary/aromatic N) is 2. The largest absolute Gasteiger partial charge is 0.236 e. The topological polar surface area (TPSA) is 25.8 Å². The first-order valence-corrected chi connectivity index (χ1v) is 13.6. The Kier molecular flexibility index (Phi) is 14.0. The molecule has 178 valence electrons. The van der Waals surface area contributed by atoms with E-state index in [0.29, 0.717) is 0 Å². The summed E-state index contributed by atoms with van der Waals surface area (Å²) in [5.41, 5.74) is 3.83. The molecule has 0 bridgehead atoms. The summed E-state index contributed by atoms with van der Waals surface area (Å²) in [4.78, 5) is 9.27. The molecular weight excluding hydrogens is 388 g/mol. The average Bonchev–Trinajstić information content (AvgIpc) is 2.81. The normalized spacial score (nSPS) is 11.4. The van der Waals surface area contributed by atoms with Gasteiger partial charge in [-0.15, -0.1) is 0 Å². The van der Waals surface area contributed by atoms with Gasteiger partial charge in [0.2, 0.25) is 0 Å². The van der Waals surface area contributed by atoms with Crippen molar-refractivity contribution in [2.75, 3.05) is 0 Å². The zero-order valence-electron chi connectivity index (χ0n) is 21.2. The van der Waals surface area contributed by atoms with Crippen molar-refractivity contribution < 1.29 is 0 Å². The van der Waals surface area contributed by atoms with E-state index in [0.717, 1.165) is 23.7 Å². The molecule has 1 aromatic heterocycles. The molecule has 0 radical (unpaired) electrons. The number of aryl methyl sites for hydroxylation is 2. The molecule has 2 nitrogen and oxygen atoms in total. The maximum Gasteiger partial charge on any atom is 0.159 e. The zero-order valence-corrected chi connectivity index (χ0v) is 21.2. The molecule has 0 amide bonds. The van der Waals surface area contributed by atoms with Crippen molar-refractivity contribution in [3.8, 4) is 11.4 Å². The van der Waals surface area contributed by atoms with E-state index in [1.54, 1.807) is 0 Å². The number of hydrogen-bond donors (Lipinski definition) is 0. The van der Waals surface area contributed by atoms with Gasteiger partial charge in [0.05, 0.1) is 0 Å². The zero-order chi connectivity index (χ0) is 22.9. The lowest BCUT2D eigenvalue weighted by atomic mass is 10.0. The van der Waals surface area contributed by atoms with Crippen molar-refractivity contribution in [1.82, 2.24) is 9.97 Å². The smallest absolute Gasteiger partial charge is 0.159 e. The van der Waals surface area contributed by atoms with Gasteiger partial charge in [0, 0.05) is 18.0 Å². The van der Waals surface area contributed by atoms with Crippen LogP contribution < -0.4 is 0 Å². The molecule has 0 fully saturated rings. The number of unbranched alkanes of at least 4 members (excludes halogenated alkanes) is 11. The molecule has 32 heavy (non-hydrogen) atoms. The molecule has 2 rings (SSSR count). The van der Waals surface area contributed by atoms with Gasteiger partial charge < -0.3 is 0 Å². The average molecular weight is 437 g/mol. The van der Waals surface area contributed by atoms with Gasteiger partial charge in [0.15, 0.2) is 5.82 Å². The van der Waals surface area contributed by atoms with Crippen molar-refractivity contribution >= 4 is 0 Å². The summed E-state index contributed by atoms with van der Waals surface area (Å²) in [7, 11) is 0. The first-order valence-electron chi connectivity index (χ1n) is 13.6. The Morgan fingerprint density at radius 1 is 0.594 bits per heavy atom. The van der Waals surface area contributed by atoms with Crippen LogP contribution in [0.1, 0.15) is 122 Å². The molecule has 2 aromatic rings. The summed E-state index contributed by atoms with van der Waals surface area (Å²) in [6.07, 6.45) is 25.4. The van der Waals surface area contributed by atoms with Crippen LogP contribution in [0.5, 0.6) is 0 Å². The second kappa shape index (κ2) is 16.9. The molecule has 0 N–H and O–H groups in total. The highest BCUT2D eigenvalue weighted by atomic mass is 14.9. The lowest BCUT2D eigenvalue weighted by Crippen LogP contribution is -1.94. The Labute approximate surface area is 198 Å². The quantitative estimate of drug-likeness (QED) is 0.217. The van der Waals surface area contributed by atoms with Gasteiger partial charge in [-0.05, 0) is 42.7 Å². The fourth-order valence-electron chi connectivity index (χ4n) is 4.33. The van der Waals surface area contributed by atoms with Gasteiger partial charge >= 0.3 is 0 Å². The highest BCUT2D eigenvalue weighted by molar-refractivity contribution is 5.55. The fraction of sp³-hybridized carbons (Fsp3) is 0.667. The summed E-state index contributed by atoms with van der Waals surface area (Å²) >= 11 is 0. The van der Waals surface area contributed by atoms with E-state index < -0.39 is 0 Å². The van der Waals surface area contributed by atoms with Gasteiger partial charge in [0.25, 0.3) is 0 Å². The number of benzene rings is 1. The lowest BCUT2D eigenvalue weighted by Gasteiger charge is -2.06. The molecule has 0 atom stereocenters. The molecule has 0 aliphatic rings. The number of aromatic nitrogens is 2. The third-order valence-corrected chi connectivity index (χ3v) is 6.48. The number of rotatable bonds is 18. The highest BCUT2D eigenvalue weighted by Gasteiger charge is 2.03. The second-order valence-electron chi connectivity index (χ2n) is 10.0. The number of hydrogen-bond acceptors (Lipinski definition) is 2. The predicted molar refractivity (Wildman–Crippen MR) is 140 cm³/mol. The Morgan fingerprint density at radius 3 is 1.66 bits per heavy atom. The van der Waals surface area contributed by atoms with Crippen LogP contribution in [0.25, 0.3) is 11.4 Å². The van der Waals surface area contributed by atoms with E-state index in [-0.39, 0.29) is 0 Å². The SMILES string of the molecule is CCCCCCCCCCc1cnc(-c2ccc(CCCCCCCC(C)C)cc2)nc1. The van der Waals surface area contributed by atoms with E-state index in [1.807, 2.05) is 12.4 Å². The van der Waals surface area contributed by atoms with Gasteiger partial charge in [-0.3, -0.25) is 0 Å². The van der Waals surface area contributed by atoms with Crippen LogP contribution in [0, 0.1) is 5.92 Å². The molecule has 0 aliphatic carbocycles. The molecule has 0 saturated heterocycles. The van der Waals surface area contributed by atoms with Crippen LogP contribution in [0.15, 0.2) is 36.7 Å². The van der Waals surface area contributed by atoms with Gasteiger partial charge in [-0.2, -0.15) is 0 Å². The van der Waals surface area contributed by atoms with E-state index in [1.165, 1.54) is 107 Å². The lowest BCUT2D eigenvalue weighted by molar-refractivity contribution is 0.515. The van der Waals surface area contributed by atoms with Crippen LogP contribution in [0.2, 0.25) is 0 Å². The molecular formula is C30H48N2. The maximum absolute atomic E-state index is 4.63. The minimum absolute atomic E-state index is 0.848. The third kappa shape index (κ3) is 11.8. The van der Waals surface area contributed by atoms with Crippen LogP contribution >= 0.6 is 0 Å². The molecule has 1 aromatic carbocycles. The Hall–Kier alpha value is -1.70. The summed E-state index contributed by atoms with van der Waals surface area (Å²) in [5, 5.41) is 0. The van der Waals surface area contributed by atoms with Crippen molar-refractivity contribution in [3.63, 3.8) is 0 Å². The van der Waals surface area contributed by atoms with Crippen molar-refractivity contribution in [2.24, 2.45) is 5.92 Å². The van der Waals surface area contributed by atoms with Crippen LogP contribution in [0.3, 0.4) is 0 Å². The molecule has 0 spiro atoms. The first-order chi connectivity index (χ1) is 15.7. The standard InChI is InChI=1S/C30H48N2/c1-4-5-6-7-8-9-12-16-19-28-24-31-30(32-25-28)29-22-20-27(21-23-29)18-15-13-10-11-14-17-26(2)3/h20-26H,4-19H2,1-3H3. The van der Waals surface area contributed by atoms with E-state index in [2.05, 4.69) is 55.0 Å². The summed E-state index contributed by atoms with van der Waals surface area (Å²) in [6.45, 7) is 6.92. The van der Waals surface area contributed by atoms with Crippen molar-refractivity contribution in [2.45, 2.75) is 124 Å². The maximum atomic E-state index is 4.63. The van der Waals surface area contributed by atoms with Crippen molar-refractivity contribution in [1.29, 1.82) is 0 Å². The van der Waals surface area contributed by atoms with E-state index >= 15 is 0 Å². The molecule has 1 heterocycles. The molecule has 2 heteroatoms. The minimum Gasteiger partial charge on any atom is -0.236 e.